The molecule has 2 heterocycles. The summed E-state index contributed by atoms with van der Waals surface area (Å²) in [5.41, 5.74) is 0. The van der Waals surface area contributed by atoms with Crippen LogP contribution in [0.5, 0.6) is 0 Å². The normalized spacial score (nSPS) is 20.4. The molecule has 0 saturated carbocycles. The van der Waals surface area contributed by atoms with E-state index in [-0.39, 0.29) is 11.3 Å². The van der Waals surface area contributed by atoms with Gasteiger partial charge in [0.05, 0.1) is 13.2 Å². The first-order valence-electron chi connectivity index (χ1n) is 5.60. The Morgan fingerprint density at radius 2 is 2.33 bits per heavy atom. The molecule has 2 rings (SSSR count). The number of hydrogen-bond acceptors (Lipinski definition) is 6. The van der Waals surface area contributed by atoms with Crippen molar-refractivity contribution in [1.29, 1.82) is 0 Å². The topological polar surface area (TPSA) is 109 Å². The molecule has 8 nitrogen and oxygen atoms in total. The molecule has 0 spiro atoms. The lowest BCUT2D eigenvalue weighted by Crippen LogP contribution is -2.21. The molecule has 18 heavy (non-hydrogen) atoms. The number of aromatic nitrogens is 3. The predicted molar refractivity (Wildman–Crippen MR) is 61.2 cm³/mol. The molecule has 1 saturated heterocycles. The van der Waals surface area contributed by atoms with E-state index in [0.717, 1.165) is 12.8 Å². The van der Waals surface area contributed by atoms with E-state index in [1.54, 1.807) is 0 Å². The average Bonchev–Trinajstić information content (AvgIpc) is 2.93. The highest BCUT2D eigenvalue weighted by atomic mass is 32.2. The van der Waals surface area contributed by atoms with Crippen LogP contribution >= 0.6 is 0 Å². The Bertz CT molecular complexity index is 507. The molecule has 0 aromatic carbocycles. The molecule has 1 unspecified atom stereocenters. The van der Waals surface area contributed by atoms with Gasteiger partial charge < -0.3 is 9.47 Å². The summed E-state index contributed by atoms with van der Waals surface area (Å²) < 4.78 is 34.7. The van der Waals surface area contributed by atoms with Gasteiger partial charge in [0.2, 0.25) is 0 Å². The summed E-state index contributed by atoms with van der Waals surface area (Å²) in [4.78, 5) is 0. The summed E-state index contributed by atoms with van der Waals surface area (Å²) in [5, 5.41) is 12.4. The van der Waals surface area contributed by atoms with Crippen molar-refractivity contribution in [2.75, 3.05) is 20.3 Å². The molecule has 9 heteroatoms. The molecule has 2 N–H and O–H groups in total. The SMILES string of the molecule is COCCn1c(C2CCCO2)nnc1S(N)(=O)=O. The predicted octanol–water partition coefficient (Wildman–Crippen LogP) is -0.577. The molecule has 102 valence electrons. The van der Waals surface area contributed by atoms with E-state index >= 15 is 0 Å². The fraction of sp³-hybridized carbons (Fsp3) is 0.778. The maximum Gasteiger partial charge on any atom is 0.273 e. The Balaban J connectivity index is 2.36. The minimum absolute atomic E-state index is 0.218. The summed E-state index contributed by atoms with van der Waals surface area (Å²) in [6, 6.07) is 0. The van der Waals surface area contributed by atoms with Crippen molar-refractivity contribution in [3.8, 4) is 0 Å². The number of nitrogens with zero attached hydrogens (tertiary/aromatic N) is 3. The molecule has 1 aliphatic rings. The zero-order valence-electron chi connectivity index (χ0n) is 10.1. The van der Waals surface area contributed by atoms with Crippen molar-refractivity contribution in [1.82, 2.24) is 14.8 Å². The summed E-state index contributed by atoms with van der Waals surface area (Å²) in [5.74, 6) is 0.494. The van der Waals surface area contributed by atoms with Crippen molar-refractivity contribution in [3.63, 3.8) is 0 Å². The maximum absolute atomic E-state index is 11.4. The Hall–Kier alpha value is -1.03. The smallest absolute Gasteiger partial charge is 0.273 e. The highest BCUT2D eigenvalue weighted by Gasteiger charge is 2.28. The summed E-state index contributed by atoms with van der Waals surface area (Å²) in [6.07, 6.45) is 1.51. The van der Waals surface area contributed by atoms with Crippen molar-refractivity contribution in [2.24, 2.45) is 5.14 Å². The Morgan fingerprint density at radius 3 is 2.89 bits per heavy atom. The average molecular weight is 276 g/mol. The standard InChI is InChI=1S/C9H16N4O4S/c1-16-6-4-13-8(7-3-2-5-17-7)11-12-9(13)18(10,14)15/h7H,2-6H2,1H3,(H2,10,14,15). The molecule has 0 radical (unpaired) electrons. The van der Waals surface area contributed by atoms with E-state index < -0.39 is 10.0 Å². The fourth-order valence-electron chi connectivity index (χ4n) is 1.92. The lowest BCUT2D eigenvalue weighted by atomic mass is 10.2. The van der Waals surface area contributed by atoms with Gasteiger partial charge in [-0.25, -0.2) is 13.6 Å². The summed E-state index contributed by atoms with van der Waals surface area (Å²) in [7, 11) is -2.36. The number of ether oxygens (including phenoxy) is 2. The van der Waals surface area contributed by atoms with Gasteiger partial charge in [0, 0.05) is 13.7 Å². The highest BCUT2D eigenvalue weighted by Crippen LogP contribution is 2.28. The Kier molecular flexibility index (Phi) is 3.95. The van der Waals surface area contributed by atoms with Crippen molar-refractivity contribution in [3.05, 3.63) is 5.82 Å². The molecule has 0 aliphatic carbocycles. The van der Waals surface area contributed by atoms with Crippen LogP contribution in [0.25, 0.3) is 0 Å². The molecule has 1 aliphatic heterocycles. The van der Waals surface area contributed by atoms with Crippen LogP contribution in [0.4, 0.5) is 0 Å². The van der Waals surface area contributed by atoms with Gasteiger partial charge in [-0.05, 0) is 12.8 Å². The van der Waals surface area contributed by atoms with Gasteiger partial charge >= 0.3 is 0 Å². The minimum Gasteiger partial charge on any atom is -0.383 e. The third kappa shape index (κ3) is 2.69. The van der Waals surface area contributed by atoms with E-state index in [1.807, 2.05) is 0 Å². The lowest BCUT2D eigenvalue weighted by molar-refractivity contribution is 0.0984. The van der Waals surface area contributed by atoms with Crippen molar-refractivity contribution in [2.45, 2.75) is 30.6 Å². The molecule has 1 aromatic rings. The number of primary sulfonamides is 1. The van der Waals surface area contributed by atoms with Crippen LogP contribution in [0, 0.1) is 0 Å². The molecule has 1 atom stereocenters. The van der Waals surface area contributed by atoms with Crippen LogP contribution < -0.4 is 5.14 Å². The van der Waals surface area contributed by atoms with Crippen molar-refractivity contribution < 1.29 is 17.9 Å². The van der Waals surface area contributed by atoms with Crippen LogP contribution in [0.2, 0.25) is 0 Å². The molecule has 0 bridgehead atoms. The highest BCUT2D eigenvalue weighted by molar-refractivity contribution is 7.89. The first kappa shape index (κ1) is 13.4. The molecule has 1 aromatic heterocycles. The number of hydrogen-bond donors (Lipinski definition) is 1. The second kappa shape index (κ2) is 5.31. The second-order valence-electron chi connectivity index (χ2n) is 4.03. The Labute approximate surface area is 105 Å². The third-order valence-corrected chi connectivity index (χ3v) is 3.55. The number of methoxy groups -OCH3 is 1. The van der Waals surface area contributed by atoms with Gasteiger partial charge in [0.1, 0.15) is 6.10 Å². The van der Waals surface area contributed by atoms with E-state index in [2.05, 4.69) is 10.2 Å². The quantitative estimate of drug-likeness (QED) is 0.770. The summed E-state index contributed by atoms with van der Waals surface area (Å²) >= 11 is 0. The minimum atomic E-state index is -3.89. The molecule has 1 fully saturated rings. The number of nitrogens with two attached hydrogens (primary N) is 1. The second-order valence-corrected chi connectivity index (χ2v) is 5.49. The van der Waals surface area contributed by atoms with Crippen molar-refractivity contribution >= 4 is 10.0 Å². The van der Waals surface area contributed by atoms with Gasteiger partial charge in [-0.1, -0.05) is 0 Å². The van der Waals surface area contributed by atoms with Crippen LogP contribution in [-0.2, 0) is 26.0 Å². The zero-order chi connectivity index (χ0) is 13.2. The van der Waals surface area contributed by atoms with Crippen LogP contribution in [-0.4, -0.2) is 43.5 Å². The van der Waals surface area contributed by atoms with Gasteiger partial charge in [-0.2, -0.15) is 0 Å². The lowest BCUT2D eigenvalue weighted by Gasteiger charge is -2.12. The fourth-order valence-corrected chi connectivity index (χ4v) is 2.57. The van der Waals surface area contributed by atoms with Gasteiger partial charge in [-0.15, -0.1) is 10.2 Å². The monoisotopic (exact) mass is 276 g/mol. The summed E-state index contributed by atoms with van der Waals surface area (Å²) in [6.45, 7) is 1.32. The van der Waals surface area contributed by atoms with Gasteiger partial charge in [0.15, 0.2) is 5.82 Å². The van der Waals surface area contributed by atoms with Gasteiger partial charge in [-0.3, -0.25) is 4.57 Å². The van der Waals surface area contributed by atoms with Crippen LogP contribution in [0.15, 0.2) is 5.16 Å². The third-order valence-electron chi connectivity index (χ3n) is 2.74. The van der Waals surface area contributed by atoms with Gasteiger partial charge in [0.25, 0.3) is 15.2 Å². The number of rotatable bonds is 5. The van der Waals surface area contributed by atoms with E-state index in [1.165, 1.54) is 11.7 Å². The largest absolute Gasteiger partial charge is 0.383 e. The maximum atomic E-state index is 11.4. The zero-order valence-corrected chi connectivity index (χ0v) is 10.9. The van der Waals surface area contributed by atoms with Crippen LogP contribution in [0.3, 0.4) is 0 Å². The number of sulfonamides is 1. The first-order valence-corrected chi connectivity index (χ1v) is 7.15. The van der Waals surface area contributed by atoms with E-state index in [0.29, 0.717) is 25.6 Å². The van der Waals surface area contributed by atoms with E-state index in [4.69, 9.17) is 14.6 Å². The molecule has 0 amide bonds. The first-order chi connectivity index (χ1) is 8.54. The molecular weight excluding hydrogens is 260 g/mol. The van der Waals surface area contributed by atoms with Crippen LogP contribution in [0.1, 0.15) is 24.8 Å². The Morgan fingerprint density at radius 1 is 1.56 bits per heavy atom. The van der Waals surface area contributed by atoms with E-state index in [9.17, 15) is 8.42 Å². The molecular formula is C9H16N4O4S.